The number of aromatic nitrogens is 2. The van der Waals surface area contributed by atoms with E-state index in [4.69, 9.17) is 11.5 Å². The zero-order chi connectivity index (χ0) is 10.8. The van der Waals surface area contributed by atoms with Crippen LogP contribution in [0.2, 0.25) is 0 Å². The first-order chi connectivity index (χ1) is 7.16. The molecule has 0 saturated heterocycles. The van der Waals surface area contributed by atoms with E-state index in [2.05, 4.69) is 9.97 Å². The minimum atomic E-state index is -0.538. The largest absolute Gasteiger partial charge is 0.384 e. The summed E-state index contributed by atoms with van der Waals surface area (Å²) in [5.74, 6) is -0.228. The van der Waals surface area contributed by atoms with Crippen LogP contribution in [-0.2, 0) is 0 Å². The van der Waals surface area contributed by atoms with Gasteiger partial charge in [0, 0.05) is 23.5 Å². The second-order valence-corrected chi connectivity index (χ2v) is 3.06. The second-order valence-electron chi connectivity index (χ2n) is 3.06. The van der Waals surface area contributed by atoms with Crippen LogP contribution in [0, 0.1) is 5.82 Å². The van der Waals surface area contributed by atoms with E-state index in [0.717, 1.165) is 5.56 Å². The molecule has 5 heteroatoms. The molecule has 4 N–H and O–H groups in total. The van der Waals surface area contributed by atoms with Crippen LogP contribution < -0.4 is 11.5 Å². The Balaban J connectivity index is 2.45. The van der Waals surface area contributed by atoms with Crippen LogP contribution in [0.3, 0.4) is 0 Å². The van der Waals surface area contributed by atoms with Gasteiger partial charge >= 0.3 is 0 Å². The topological polar surface area (TPSA) is 77.8 Å². The third kappa shape index (κ3) is 1.85. The van der Waals surface area contributed by atoms with Crippen molar-refractivity contribution in [1.82, 2.24) is 9.97 Å². The predicted molar refractivity (Wildman–Crippen MR) is 56.3 cm³/mol. The molecule has 0 aromatic carbocycles. The number of nitrogens with two attached hydrogens (primary N) is 2. The highest BCUT2D eigenvalue weighted by molar-refractivity contribution is 5.63. The number of anilines is 2. The Morgan fingerprint density at radius 2 is 1.73 bits per heavy atom. The van der Waals surface area contributed by atoms with Crippen molar-refractivity contribution in [2.75, 3.05) is 11.5 Å². The summed E-state index contributed by atoms with van der Waals surface area (Å²) < 4.78 is 13.1. The normalized spacial score (nSPS) is 10.2. The number of pyridine rings is 2. The van der Waals surface area contributed by atoms with E-state index in [9.17, 15) is 4.39 Å². The number of hydrogen-bond donors (Lipinski definition) is 2. The predicted octanol–water partition coefficient (Wildman–Crippen LogP) is 1.45. The summed E-state index contributed by atoms with van der Waals surface area (Å²) in [5, 5.41) is 0. The van der Waals surface area contributed by atoms with Crippen molar-refractivity contribution in [2.24, 2.45) is 0 Å². The van der Waals surface area contributed by atoms with Crippen LogP contribution in [0.4, 0.5) is 16.0 Å². The summed E-state index contributed by atoms with van der Waals surface area (Å²) in [4.78, 5) is 7.63. The maximum atomic E-state index is 13.1. The van der Waals surface area contributed by atoms with Crippen LogP contribution in [0.1, 0.15) is 0 Å². The van der Waals surface area contributed by atoms with Crippen molar-refractivity contribution < 1.29 is 4.39 Å². The Bertz CT molecular complexity index is 481. The van der Waals surface area contributed by atoms with Gasteiger partial charge in [-0.25, -0.2) is 14.4 Å². The Morgan fingerprint density at radius 3 is 2.33 bits per heavy atom. The van der Waals surface area contributed by atoms with Crippen molar-refractivity contribution in [1.29, 1.82) is 0 Å². The summed E-state index contributed by atoms with van der Waals surface area (Å²) in [6.45, 7) is 0. The Labute approximate surface area is 85.8 Å². The van der Waals surface area contributed by atoms with E-state index in [1.807, 2.05) is 0 Å². The van der Waals surface area contributed by atoms with Crippen LogP contribution >= 0.6 is 0 Å². The molecule has 0 aliphatic carbocycles. The smallest absolute Gasteiger partial charge is 0.165 e. The Morgan fingerprint density at radius 1 is 1.00 bits per heavy atom. The van der Waals surface area contributed by atoms with Crippen molar-refractivity contribution >= 4 is 11.6 Å². The molecule has 0 aliphatic heterocycles. The van der Waals surface area contributed by atoms with Crippen LogP contribution in [0.5, 0.6) is 0 Å². The molecule has 2 rings (SSSR count). The van der Waals surface area contributed by atoms with Crippen LogP contribution in [-0.4, -0.2) is 9.97 Å². The van der Waals surface area contributed by atoms with Gasteiger partial charge in [-0.1, -0.05) is 0 Å². The fraction of sp³-hybridized carbons (Fsp3) is 0. The van der Waals surface area contributed by atoms with Gasteiger partial charge in [0.1, 0.15) is 5.82 Å². The van der Waals surface area contributed by atoms with Gasteiger partial charge in [-0.2, -0.15) is 0 Å². The standard InChI is InChI=1S/C10H9FN4/c11-8-3-7(5-15-10(8)13)6-1-2-9(12)14-4-6/h1-5H,(H2,12,14)(H2,13,15). The van der Waals surface area contributed by atoms with E-state index in [0.29, 0.717) is 11.4 Å². The van der Waals surface area contributed by atoms with Crippen LogP contribution in [0.25, 0.3) is 11.1 Å². The first-order valence-corrected chi connectivity index (χ1v) is 4.30. The number of hydrogen-bond acceptors (Lipinski definition) is 4. The van der Waals surface area contributed by atoms with Gasteiger partial charge in [-0.15, -0.1) is 0 Å². The summed E-state index contributed by atoms with van der Waals surface area (Å²) in [6.07, 6.45) is 3.05. The molecule has 0 amide bonds. The lowest BCUT2D eigenvalue weighted by atomic mass is 10.1. The van der Waals surface area contributed by atoms with Crippen LogP contribution in [0.15, 0.2) is 30.6 Å². The zero-order valence-corrected chi connectivity index (χ0v) is 7.81. The summed E-state index contributed by atoms with van der Waals surface area (Å²) >= 11 is 0. The van der Waals surface area contributed by atoms with Gasteiger partial charge in [0.05, 0.1) is 0 Å². The molecule has 0 bridgehead atoms. The van der Waals surface area contributed by atoms with Crippen molar-refractivity contribution in [3.05, 3.63) is 36.4 Å². The average molecular weight is 204 g/mol. The second kappa shape index (κ2) is 3.53. The molecular weight excluding hydrogens is 195 g/mol. The van der Waals surface area contributed by atoms with E-state index >= 15 is 0 Å². The summed E-state index contributed by atoms with van der Waals surface area (Å²) in [5.41, 5.74) is 12.1. The maximum Gasteiger partial charge on any atom is 0.165 e. The van der Waals surface area contributed by atoms with Crippen molar-refractivity contribution in [2.45, 2.75) is 0 Å². The lowest BCUT2D eigenvalue weighted by Gasteiger charge is -2.02. The van der Waals surface area contributed by atoms with E-state index in [1.165, 1.54) is 12.3 Å². The van der Waals surface area contributed by atoms with Gasteiger partial charge in [-0.05, 0) is 18.2 Å². The molecule has 2 aromatic heterocycles. The molecule has 2 aromatic rings. The van der Waals surface area contributed by atoms with Crippen molar-refractivity contribution in [3.8, 4) is 11.1 Å². The van der Waals surface area contributed by atoms with Gasteiger partial charge < -0.3 is 11.5 Å². The number of nitrogens with zero attached hydrogens (tertiary/aromatic N) is 2. The molecule has 0 aliphatic rings. The zero-order valence-electron chi connectivity index (χ0n) is 7.81. The van der Waals surface area contributed by atoms with Gasteiger partial charge in [-0.3, -0.25) is 0 Å². The molecule has 76 valence electrons. The fourth-order valence-corrected chi connectivity index (χ4v) is 1.18. The SMILES string of the molecule is Nc1ccc(-c2cnc(N)c(F)c2)cn1. The molecule has 15 heavy (non-hydrogen) atoms. The quantitative estimate of drug-likeness (QED) is 0.736. The number of rotatable bonds is 1. The molecular formula is C10H9FN4. The Kier molecular flexibility index (Phi) is 2.21. The monoisotopic (exact) mass is 204 g/mol. The molecule has 0 atom stereocenters. The van der Waals surface area contributed by atoms with Gasteiger partial charge in [0.2, 0.25) is 0 Å². The number of halogens is 1. The third-order valence-electron chi connectivity index (χ3n) is 1.99. The highest BCUT2D eigenvalue weighted by atomic mass is 19.1. The highest BCUT2D eigenvalue weighted by Crippen LogP contribution is 2.20. The lowest BCUT2D eigenvalue weighted by Crippen LogP contribution is -1.95. The first kappa shape index (κ1) is 9.39. The maximum absolute atomic E-state index is 13.1. The van der Waals surface area contributed by atoms with E-state index in [-0.39, 0.29) is 5.82 Å². The molecule has 0 spiro atoms. The molecule has 0 saturated carbocycles. The minimum Gasteiger partial charge on any atom is -0.384 e. The molecule has 4 nitrogen and oxygen atoms in total. The average Bonchev–Trinajstić information content (AvgIpc) is 2.23. The highest BCUT2D eigenvalue weighted by Gasteiger charge is 2.03. The minimum absolute atomic E-state index is 0.109. The summed E-state index contributed by atoms with van der Waals surface area (Å²) in [7, 11) is 0. The van der Waals surface area contributed by atoms with E-state index < -0.39 is 5.82 Å². The molecule has 0 fully saturated rings. The fourth-order valence-electron chi connectivity index (χ4n) is 1.18. The lowest BCUT2D eigenvalue weighted by molar-refractivity contribution is 0.628. The van der Waals surface area contributed by atoms with E-state index in [1.54, 1.807) is 18.3 Å². The number of nitrogen functional groups attached to an aromatic ring is 2. The molecule has 0 radical (unpaired) electrons. The van der Waals surface area contributed by atoms with Crippen molar-refractivity contribution in [3.63, 3.8) is 0 Å². The van der Waals surface area contributed by atoms with Gasteiger partial charge in [0.25, 0.3) is 0 Å². The summed E-state index contributed by atoms with van der Waals surface area (Å²) in [6, 6.07) is 4.70. The first-order valence-electron chi connectivity index (χ1n) is 4.30. The third-order valence-corrected chi connectivity index (χ3v) is 1.99. The molecule has 0 unspecified atom stereocenters. The van der Waals surface area contributed by atoms with Gasteiger partial charge in [0.15, 0.2) is 11.6 Å². The Hall–Kier alpha value is -2.17. The molecule has 2 heterocycles.